The zero-order valence-electron chi connectivity index (χ0n) is 23.6. The topological polar surface area (TPSA) is 101 Å². The molecule has 0 aromatic heterocycles. The number of amides is 2. The average molecular weight is 542 g/mol. The molecule has 0 bridgehead atoms. The van der Waals surface area contributed by atoms with Crippen molar-refractivity contribution in [3.63, 3.8) is 0 Å². The van der Waals surface area contributed by atoms with Crippen LogP contribution in [0.4, 0.5) is 4.79 Å². The van der Waals surface area contributed by atoms with Gasteiger partial charge in [0.05, 0.1) is 13.7 Å². The van der Waals surface area contributed by atoms with Crippen molar-refractivity contribution < 1.29 is 28.9 Å². The molecular formula is C30H43N3O6. The predicted molar refractivity (Wildman–Crippen MR) is 151 cm³/mol. The lowest BCUT2D eigenvalue weighted by Gasteiger charge is -2.41. The largest absolute Gasteiger partial charge is 0.493 e. The molecule has 9 heteroatoms. The highest BCUT2D eigenvalue weighted by Crippen LogP contribution is 2.30. The van der Waals surface area contributed by atoms with Crippen molar-refractivity contribution in [1.82, 2.24) is 15.1 Å². The molecule has 2 aromatic rings. The highest BCUT2D eigenvalue weighted by Gasteiger charge is 2.33. The van der Waals surface area contributed by atoms with Gasteiger partial charge in [0.25, 0.3) is 5.91 Å². The number of ether oxygens (including phenoxy) is 3. The van der Waals surface area contributed by atoms with Crippen LogP contribution in [0.1, 0.15) is 42.6 Å². The SMILES string of the molecule is COCCCOc1cc(C(=O)N(C(C)C)[C@H]2CNC[C@@H](CN(CCc3ccccc3)C(=O)O)C2)ccc1OC. The molecule has 1 fully saturated rings. The molecule has 0 unspecified atom stereocenters. The van der Waals surface area contributed by atoms with Crippen molar-refractivity contribution in [2.45, 2.75) is 45.2 Å². The molecule has 2 amide bonds. The van der Waals surface area contributed by atoms with Crippen molar-refractivity contribution in [2.24, 2.45) is 5.92 Å². The summed E-state index contributed by atoms with van der Waals surface area (Å²) in [5, 5.41) is 13.3. The fraction of sp³-hybridized carbons (Fsp3) is 0.533. The first-order valence-corrected chi connectivity index (χ1v) is 13.7. The van der Waals surface area contributed by atoms with Crippen LogP contribution in [0.5, 0.6) is 11.5 Å². The second kappa shape index (κ2) is 15.3. The van der Waals surface area contributed by atoms with Gasteiger partial charge in [-0.05, 0) is 62.9 Å². The van der Waals surface area contributed by atoms with Crippen LogP contribution in [0.2, 0.25) is 0 Å². The molecule has 39 heavy (non-hydrogen) atoms. The summed E-state index contributed by atoms with van der Waals surface area (Å²) in [7, 11) is 3.22. The molecule has 2 aromatic carbocycles. The Morgan fingerprint density at radius 1 is 1.05 bits per heavy atom. The molecule has 1 aliphatic rings. The van der Waals surface area contributed by atoms with E-state index < -0.39 is 6.09 Å². The van der Waals surface area contributed by atoms with E-state index in [4.69, 9.17) is 14.2 Å². The Balaban J connectivity index is 1.69. The van der Waals surface area contributed by atoms with E-state index in [2.05, 4.69) is 5.32 Å². The number of rotatable bonds is 14. The minimum Gasteiger partial charge on any atom is -0.493 e. The van der Waals surface area contributed by atoms with E-state index in [0.29, 0.717) is 62.9 Å². The van der Waals surface area contributed by atoms with Crippen molar-refractivity contribution in [3.8, 4) is 11.5 Å². The smallest absolute Gasteiger partial charge is 0.407 e. The van der Waals surface area contributed by atoms with E-state index in [0.717, 1.165) is 18.4 Å². The normalized spacial score (nSPS) is 17.1. The van der Waals surface area contributed by atoms with Crippen LogP contribution in [0.3, 0.4) is 0 Å². The maximum atomic E-state index is 13.8. The number of methoxy groups -OCH3 is 2. The first kappa shape index (κ1) is 30.2. The van der Waals surface area contributed by atoms with Gasteiger partial charge in [0.15, 0.2) is 11.5 Å². The van der Waals surface area contributed by atoms with Gasteiger partial charge in [0.2, 0.25) is 0 Å². The summed E-state index contributed by atoms with van der Waals surface area (Å²) in [5.41, 5.74) is 1.64. The van der Waals surface area contributed by atoms with E-state index in [1.54, 1.807) is 32.4 Å². The number of carbonyl (C=O) groups excluding carboxylic acids is 1. The summed E-state index contributed by atoms with van der Waals surface area (Å²) in [6.07, 6.45) is 1.20. The molecule has 0 radical (unpaired) electrons. The van der Waals surface area contributed by atoms with Gasteiger partial charge < -0.3 is 34.4 Å². The predicted octanol–water partition coefficient (Wildman–Crippen LogP) is 4.16. The van der Waals surface area contributed by atoms with Crippen molar-refractivity contribution in [3.05, 3.63) is 59.7 Å². The lowest BCUT2D eigenvalue weighted by molar-refractivity contribution is 0.0513. The molecule has 0 aliphatic carbocycles. The number of hydrogen-bond acceptors (Lipinski definition) is 6. The highest BCUT2D eigenvalue weighted by molar-refractivity contribution is 5.95. The number of nitrogens with zero attached hydrogens (tertiary/aromatic N) is 2. The molecule has 0 saturated carbocycles. The lowest BCUT2D eigenvalue weighted by atomic mass is 9.92. The summed E-state index contributed by atoms with van der Waals surface area (Å²) in [5.74, 6) is 1.11. The zero-order chi connectivity index (χ0) is 28.2. The van der Waals surface area contributed by atoms with E-state index in [9.17, 15) is 14.7 Å². The van der Waals surface area contributed by atoms with Crippen LogP contribution in [-0.2, 0) is 11.2 Å². The van der Waals surface area contributed by atoms with Gasteiger partial charge in [0, 0.05) is 57.4 Å². The number of carboxylic acid groups (broad SMARTS) is 1. The summed E-state index contributed by atoms with van der Waals surface area (Å²) in [6.45, 7) is 7.30. The number of hydrogen-bond donors (Lipinski definition) is 2. The quantitative estimate of drug-likeness (QED) is 0.347. The Hall–Kier alpha value is -3.30. The fourth-order valence-electron chi connectivity index (χ4n) is 5.12. The third kappa shape index (κ3) is 8.86. The van der Waals surface area contributed by atoms with Crippen LogP contribution in [0, 0.1) is 5.92 Å². The maximum absolute atomic E-state index is 13.8. The summed E-state index contributed by atoms with van der Waals surface area (Å²) in [6, 6.07) is 15.1. The summed E-state index contributed by atoms with van der Waals surface area (Å²) in [4.78, 5) is 29.2. The molecule has 2 atom stereocenters. The van der Waals surface area contributed by atoms with Gasteiger partial charge >= 0.3 is 6.09 Å². The van der Waals surface area contributed by atoms with Gasteiger partial charge in [-0.25, -0.2) is 4.79 Å². The Morgan fingerprint density at radius 2 is 1.82 bits per heavy atom. The minimum atomic E-state index is -0.916. The Labute approximate surface area is 232 Å². The maximum Gasteiger partial charge on any atom is 0.407 e. The van der Waals surface area contributed by atoms with Crippen LogP contribution < -0.4 is 14.8 Å². The zero-order valence-corrected chi connectivity index (χ0v) is 23.6. The number of benzene rings is 2. The third-order valence-corrected chi connectivity index (χ3v) is 7.03. The van der Waals surface area contributed by atoms with Crippen molar-refractivity contribution >= 4 is 12.0 Å². The Kier molecular flexibility index (Phi) is 11.9. The molecule has 1 aliphatic heterocycles. The minimum absolute atomic E-state index is 0.0371. The second-order valence-corrected chi connectivity index (χ2v) is 10.2. The van der Waals surface area contributed by atoms with Crippen LogP contribution in [0.25, 0.3) is 0 Å². The highest BCUT2D eigenvalue weighted by atomic mass is 16.5. The Bertz CT molecular complexity index is 1050. The molecular weight excluding hydrogens is 498 g/mol. The molecule has 3 rings (SSSR count). The molecule has 1 saturated heterocycles. The molecule has 0 spiro atoms. The van der Waals surface area contributed by atoms with Gasteiger partial charge in [-0.2, -0.15) is 0 Å². The number of nitrogens with one attached hydrogen (secondary N) is 1. The first-order chi connectivity index (χ1) is 18.8. The fourth-order valence-corrected chi connectivity index (χ4v) is 5.12. The lowest BCUT2D eigenvalue weighted by Crippen LogP contribution is -2.55. The number of piperidine rings is 1. The Morgan fingerprint density at radius 3 is 2.49 bits per heavy atom. The molecule has 214 valence electrons. The van der Waals surface area contributed by atoms with E-state index in [1.165, 1.54) is 4.90 Å². The van der Waals surface area contributed by atoms with Gasteiger partial charge in [0.1, 0.15) is 0 Å². The molecule has 1 heterocycles. The van der Waals surface area contributed by atoms with Crippen LogP contribution in [0.15, 0.2) is 48.5 Å². The molecule has 9 nitrogen and oxygen atoms in total. The summed E-state index contributed by atoms with van der Waals surface area (Å²) < 4.78 is 16.4. The van der Waals surface area contributed by atoms with E-state index in [1.807, 2.05) is 49.1 Å². The standard InChI is InChI=1S/C30H43N3O6/c1-22(2)33(29(34)25-11-12-27(38-4)28(18-25)39-16-8-15-37-3)26-17-24(19-31-20-26)21-32(30(35)36)14-13-23-9-6-5-7-10-23/h5-7,9-12,18,22,24,26,31H,8,13-17,19-21H2,1-4H3,(H,35,36)/t24-,26+/m0/s1. The monoisotopic (exact) mass is 541 g/mol. The third-order valence-electron chi connectivity index (χ3n) is 7.03. The number of carbonyl (C=O) groups is 2. The van der Waals surface area contributed by atoms with Crippen LogP contribution in [-0.4, -0.2) is 92.6 Å². The van der Waals surface area contributed by atoms with Crippen LogP contribution >= 0.6 is 0 Å². The second-order valence-electron chi connectivity index (χ2n) is 10.2. The average Bonchev–Trinajstić information content (AvgIpc) is 2.93. The summed E-state index contributed by atoms with van der Waals surface area (Å²) >= 11 is 0. The van der Waals surface area contributed by atoms with E-state index >= 15 is 0 Å². The van der Waals surface area contributed by atoms with Gasteiger partial charge in [-0.3, -0.25) is 4.79 Å². The van der Waals surface area contributed by atoms with Crippen molar-refractivity contribution in [2.75, 3.05) is 53.6 Å². The van der Waals surface area contributed by atoms with Gasteiger partial charge in [-0.1, -0.05) is 30.3 Å². The first-order valence-electron chi connectivity index (χ1n) is 13.7. The van der Waals surface area contributed by atoms with E-state index in [-0.39, 0.29) is 23.9 Å². The van der Waals surface area contributed by atoms with Crippen molar-refractivity contribution in [1.29, 1.82) is 0 Å². The van der Waals surface area contributed by atoms with Gasteiger partial charge in [-0.15, -0.1) is 0 Å². The molecule has 2 N–H and O–H groups in total.